The Labute approximate surface area is 241 Å². The van der Waals surface area contributed by atoms with Crippen LogP contribution >= 0.6 is 0 Å². The van der Waals surface area contributed by atoms with Crippen molar-refractivity contribution >= 4 is 29.2 Å². The number of carbonyl (C=O) groups is 2. The normalized spacial score (nSPS) is 14.5. The fourth-order valence-corrected chi connectivity index (χ4v) is 5.38. The molecule has 3 N–H and O–H groups in total. The minimum Gasteiger partial charge on any atom is -0.424 e. The lowest BCUT2D eigenvalue weighted by Gasteiger charge is -2.32. The van der Waals surface area contributed by atoms with Crippen molar-refractivity contribution in [3.63, 3.8) is 0 Å². The molecule has 1 amide bonds. The predicted molar refractivity (Wildman–Crippen MR) is 159 cm³/mol. The Hall–Kier alpha value is -4.01. The molecule has 2 heterocycles. The van der Waals surface area contributed by atoms with Gasteiger partial charge in [-0.15, -0.1) is 0 Å². The second-order valence-corrected chi connectivity index (χ2v) is 11.1. The SMILES string of the molecule is CCc1cnc(Nc2cc(C)cc(F)c2)nc1CC(C)CCC1CCN(C(=O)c2ccc(N)c(OC(C)=O)c2)CC1. The fraction of sp³-hybridized carbons (Fsp3) is 0.438. The van der Waals surface area contributed by atoms with Crippen molar-refractivity contribution in [2.75, 3.05) is 24.1 Å². The quantitative estimate of drug-likeness (QED) is 0.171. The number of hydrogen-bond acceptors (Lipinski definition) is 7. The zero-order valence-electron chi connectivity index (χ0n) is 24.4. The molecular formula is C32H40FN5O3. The molecule has 3 aromatic rings. The van der Waals surface area contributed by atoms with E-state index in [1.807, 2.05) is 24.1 Å². The molecule has 1 unspecified atom stereocenters. The van der Waals surface area contributed by atoms with Crippen LogP contribution in [0.3, 0.4) is 0 Å². The van der Waals surface area contributed by atoms with E-state index >= 15 is 0 Å². The van der Waals surface area contributed by atoms with Gasteiger partial charge in [0.1, 0.15) is 5.82 Å². The molecule has 218 valence electrons. The van der Waals surface area contributed by atoms with Crippen LogP contribution in [0.1, 0.15) is 73.6 Å². The first-order valence-electron chi connectivity index (χ1n) is 14.4. The number of benzene rings is 2. The number of esters is 1. The smallest absolute Gasteiger partial charge is 0.308 e. The number of amides is 1. The number of halogens is 1. The van der Waals surface area contributed by atoms with Gasteiger partial charge < -0.3 is 20.7 Å². The summed E-state index contributed by atoms with van der Waals surface area (Å²) in [7, 11) is 0. The highest BCUT2D eigenvalue weighted by atomic mass is 19.1. The minimum atomic E-state index is -0.474. The van der Waals surface area contributed by atoms with Crippen LogP contribution in [-0.2, 0) is 17.6 Å². The molecular weight excluding hydrogens is 521 g/mol. The number of aryl methyl sites for hydroxylation is 2. The summed E-state index contributed by atoms with van der Waals surface area (Å²) < 4.78 is 19.0. The van der Waals surface area contributed by atoms with E-state index in [9.17, 15) is 14.0 Å². The number of rotatable bonds is 10. The topological polar surface area (TPSA) is 110 Å². The molecule has 9 heteroatoms. The minimum absolute atomic E-state index is 0.0705. The lowest BCUT2D eigenvalue weighted by atomic mass is 9.87. The van der Waals surface area contributed by atoms with E-state index in [0.717, 1.165) is 55.3 Å². The molecule has 1 aliphatic heterocycles. The van der Waals surface area contributed by atoms with Gasteiger partial charge in [-0.2, -0.15) is 0 Å². The Morgan fingerprint density at radius 2 is 1.95 bits per heavy atom. The van der Waals surface area contributed by atoms with Gasteiger partial charge in [-0.3, -0.25) is 9.59 Å². The summed E-state index contributed by atoms with van der Waals surface area (Å²) in [6.45, 7) is 8.92. The van der Waals surface area contributed by atoms with Gasteiger partial charge in [-0.1, -0.05) is 26.7 Å². The van der Waals surface area contributed by atoms with E-state index < -0.39 is 5.97 Å². The van der Waals surface area contributed by atoms with E-state index in [1.54, 1.807) is 18.2 Å². The van der Waals surface area contributed by atoms with Crippen molar-refractivity contribution in [3.05, 3.63) is 70.8 Å². The maximum absolute atomic E-state index is 13.8. The van der Waals surface area contributed by atoms with Crippen molar-refractivity contribution in [2.45, 2.75) is 66.2 Å². The second kappa shape index (κ2) is 13.6. The highest BCUT2D eigenvalue weighted by Gasteiger charge is 2.25. The Balaban J connectivity index is 1.28. The van der Waals surface area contributed by atoms with Crippen molar-refractivity contribution < 1.29 is 18.7 Å². The highest BCUT2D eigenvalue weighted by Crippen LogP contribution is 2.28. The summed E-state index contributed by atoms with van der Waals surface area (Å²) in [6.07, 6.45) is 7.65. The van der Waals surface area contributed by atoms with Gasteiger partial charge in [0.25, 0.3) is 5.91 Å². The maximum Gasteiger partial charge on any atom is 0.308 e. The number of nitrogens with two attached hydrogens (primary N) is 1. The van der Waals surface area contributed by atoms with E-state index in [0.29, 0.717) is 47.8 Å². The predicted octanol–water partition coefficient (Wildman–Crippen LogP) is 6.25. The Morgan fingerprint density at radius 3 is 2.63 bits per heavy atom. The van der Waals surface area contributed by atoms with Crippen LogP contribution in [-0.4, -0.2) is 39.8 Å². The Kier molecular flexibility index (Phi) is 9.91. The zero-order valence-corrected chi connectivity index (χ0v) is 24.4. The van der Waals surface area contributed by atoms with Crippen LogP contribution in [0.2, 0.25) is 0 Å². The maximum atomic E-state index is 13.8. The monoisotopic (exact) mass is 561 g/mol. The standard InChI is InChI=1S/C32H40FN5O3/c1-5-24-19-35-32(36-27-15-21(3)14-26(33)18-27)37-29(24)16-20(2)6-7-23-10-12-38(13-11-23)31(40)25-8-9-28(34)30(17-25)41-22(4)39/h8-9,14-15,17-20,23H,5-7,10-13,16,34H2,1-4H3,(H,35,36,37). The molecule has 0 aliphatic carbocycles. The first-order valence-corrected chi connectivity index (χ1v) is 14.4. The van der Waals surface area contributed by atoms with E-state index in [-0.39, 0.29) is 17.5 Å². The Bertz CT molecular complexity index is 1370. The van der Waals surface area contributed by atoms with Gasteiger partial charge in [-0.25, -0.2) is 14.4 Å². The largest absolute Gasteiger partial charge is 0.424 e. The molecule has 4 rings (SSSR count). The number of nitrogens with one attached hydrogen (secondary N) is 1. The third-order valence-corrected chi connectivity index (χ3v) is 7.66. The van der Waals surface area contributed by atoms with Crippen LogP contribution in [0, 0.1) is 24.6 Å². The second-order valence-electron chi connectivity index (χ2n) is 11.1. The van der Waals surface area contributed by atoms with Crippen molar-refractivity contribution in [2.24, 2.45) is 11.8 Å². The molecule has 1 saturated heterocycles. The third kappa shape index (κ3) is 8.25. The average Bonchev–Trinajstić information content (AvgIpc) is 2.92. The van der Waals surface area contributed by atoms with Gasteiger partial charge in [0.15, 0.2) is 5.75 Å². The van der Waals surface area contributed by atoms with Crippen LogP contribution in [0.15, 0.2) is 42.6 Å². The molecule has 2 aromatic carbocycles. The molecule has 1 aromatic heterocycles. The van der Waals surface area contributed by atoms with Crippen LogP contribution in [0.25, 0.3) is 0 Å². The molecule has 1 aliphatic rings. The molecule has 0 bridgehead atoms. The molecule has 41 heavy (non-hydrogen) atoms. The third-order valence-electron chi connectivity index (χ3n) is 7.66. The molecule has 0 spiro atoms. The van der Waals surface area contributed by atoms with Crippen LogP contribution in [0.4, 0.5) is 21.7 Å². The van der Waals surface area contributed by atoms with Crippen LogP contribution < -0.4 is 15.8 Å². The summed E-state index contributed by atoms with van der Waals surface area (Å²) in [5.41, 5.74) is 10.3. The van der Waals surface area contributed by atoms with Gasteiger partial charge in [0.05, 0.1) is 5.69 Å². The fourth-order valence-electron chi connectivity index (χ4n) is 5.38. The van der Waals surface area contributed by atoms with E-state index in [1.165, 1.54) is 19.1 Å². The van der Waals surface area contributed by atoms with Gasteiger partial charge in [-0.05, 0) is 92.0 Å². The first kappa shape index (κ1) is 30.0. The lowest BCUT2D eigenvalue weighted by Crippen LogP contribution is -2.38. The molecule has 1 atom stereocenters. The Morgan fingerprint density at radius 1 is 1.20 bits per heavy atom. The molecule has 8 nitrogen and oxygen atoms in total. The summed E-state index contributed by atoms with van der Waals surface area (Å²) in [4.78, 5) is 35.5. The molecule has 1 fully saturated rings. The number of piperidine rings is 1. The summed E-state index contributed by atoms with van der Waals surface area (Å²) in [5.74, 6) is 0.863. The van der Waals surface area contributed by atoms with Gasteiger partial charge >= 0.3 is 5.97 Å². The number of carbonyl (C=O) groups excluding carboxylic acids is 2. The van der Waals surface area contributed by atoms with Crippen molar-refractivity contribution in [3.8, 4) is 5.75 Å². The van der Waals surface area contributed by atoms with Crippen molar-refractivity contribution in [1.82, 2.24) is 14.9 Å². The van der Waals surface area contributed by atoms with Crippen molar-refractivity contribution in [1.29, 1.82) is 0 Å². The lowest BCUT2D eigenvalue weighted by molar-refractivity contribution is -0.131. The average molecular weight is 562 g/mol. The number of aromatic nitrogens is 2. The van der Waals surface area contributed by atoms with E-state index in [4.69, 9.17) is 15.5 Å². The summed E-state index contributed by atoms with van der Waals surface area (Å²) in [6, 6.07) is 9.63. The zero-order chi connectivity index (χ0) is 29.5. The number of nitrogen functional groups attached to an aromatic ring is 1. The van der Waals surface area contributed by atoms with Gasteiger partial charge in [0.2, 0.25) is 5.95 Å². The van der Waals surface area contributed by atoms with E-state index in [2.05, 4.69) is 24.1 Å². The first-order chi connectivity index (χ1) is 19.6. The summed E-state index contributed by atoms with van der Waals surface area (Å²) >= 11 is 0. The number of anilines is 3. The number of hydrogen-bond donors (Lipinski definition) is 2. The highest BCUT2D eigenvalue weighted by molar-refractivity contribution is 5.95. The summed E-state index contributed by atoms with van der Waals surface area (Å²) in [5, 5.41) is 3.15. The number of nitrogens with zero attached hydrogens (tertiary/aromatic N) is 3. The number of ether oxygens (including phenoxy) is 1. The van der Waals surface area contributed by atoms with Gasteiger partial charge in [0, 0.05) is 43.2 Å². The molecule has 0 saturated carbocycles. The van der Waals surface area contributed by atoms with Crippen LogP contribution in [0.5, 0.6) is 5.75 Å². The molecule has 0 radical (unpaired) electrons. The number of likely N-dealkylation sites (tertiary alicyclic amines) is 1.